The molecule has 0 radical (unpaired) electrons. The Labute approximate surface area is 92.9 Å². The summed E-state index contributed by atoms with van der Waals surface area (Å²) in [5.74, 6) is 0.857. The molecule has 1 nitrogen and oxygen atoms in total. The number of allylic oxidation sites excluding steroid dienone is 1. The number of halogens is 1. The average molecular weight is 216 g/mol. The van der Waals surface area contributed by atoms with Gasteiger partial charge in [-0.2, -0.15) is 0 Å². The van der Waals surface area contributed by atoms with E-state index in [1.807, 2.05) is 0 Å². The van der Waals surface area contributed by atoms with E-state index in [0.717, 1.165) is 19.0 Å². The van der Waals surface area contributed by atoms with E-state index in [9.17, 15) is 0 Å². The Balaban J connectivity index is 2.05. The van der Waals surface area contributed by atoms with Crippen LogP contribution in [0.5, 0.6) is 0 Å². The lowest BCUT2D eigenvalue weighted by Gasteiger charge is -2.24. The summed E-state index contributed by atoms with van der Waals surface area (Å²) < 4.78 is 0. The zero-order valence-electron chi connectivity index (χ0n) is 9.35. The van der Waals surface area contributed by atoms with Gasteiger partial charge in [-0.3, -0.25) is 0 Å². The van der Waals surface area contributed by atoms with Gasteiger partial charge in [0.25, 0.3) is 0 Å². The van der Waals surface area contributed by atoms with Crippen LogP contribution in [0.3, 0.4) is 0 Å². The van der Waals surface area contributed by atoms with Crippen molar-refractivity contribution in [3.05, 3.63) is 11.6 Å². The molecule has 0 amide bonds. The van der Waals surface area contributed by atoms with Gasteiger partial charge in [0, 0.05) is 11.9 Å². The highest BCUT2D eigenvalue weighted by Crippen LogP contribution is 2.26. The molecule has 2 heteroatoms. The molecule has 1 rings (SSSR count). The van der Waals surface area contributed by atoms with Crippen LogP contribution < -0.4 is 5.32 Å². The minimum atomic E-state index is 0.448. The Morgan fingerprint density at radius 3 is 2.50 bits per heavy atom. The standard InChI is InChI=1S/C12H22ClN/c1-10(2)7-8-14-9-11-3-5-12(13)6-4-11/h7,11-12,14H,3-6,8-9H2,1-2H3. The van der Waals surface area contributed by atoms with E-state index in [1.54, 1.807) is 0 Å². The van der Waals surface area contributed by atoms with Gasteiger partial charge < -0.3 is 5.32 Å². The number of rotatable bonds is 4. The normalized spacial score (nSPS) is 27.4. The zero-order valence-corrected chi connectivity index (χ0v) is 10.1. The van der Waals surface area contributed by atoms with Crippen molar-refractivity contribution in [3.63, 3.8) is 0 Å². The van der Waals surface area contributed by atoms with Gasteiger partial charge in [-0.25, -0.2) is 0 Å². The lowest BCUT2D eigenvalue weighted by atomic mass is 9.89. The fourth-order valence-electron chi connectivity index (χ4n) is 1.89. The molecule has 14 heavy (non-hydrogen) atoms. The Morgan fingerprint density at radius 2 is 1.93 bits per heavy atom. The summed E-state index contributed by atoms with van der Waals surface area (Å²) >= 11 is 6.05. The van der Waals surface area contributed by atoms with Gasteiger partial charge in [0.1, 0.15) is 0 Å². The van der Waals surface area contributed by atoms with E-state index in [4.69, 9.17) is 11.6 Å². The molecule has 0 bridgehead atoms. The number of nitrogens with one attached hydrogen (secondary N) is 1. The molecule has 0 aliphatic heterocycles. The SMILES string of the molecule is CC(C)=CCNCC1CCC(Cl)CC1. The van der Waals surface area contributed by atoms with Crippen molar-refractivity contribution in [1.82, 2.24) is 5.32 Å². The molecule has 1 aliphatic rings. The number of hydrogen-bond donors (Lipinski definition) is 1. The van der Waals surface area contributed by atoms with E-state index in [0.29, 0.717) is 5.38 Å². The maximum absolute atomic E-state index is 6.05. The highest BCUT2D eigenvalue weighted by Gasteiger charge is 2.18. The number of alkyl halides is 1. The summed E-state index contributed by atoms with van der Waals surface area (Å²) in [6, 6.07) is 0. The first-order chi connectivity index (χ1) is 6.68. The molecule has 0 heterocycles. The molecule has 1 fully saturated rings. The lowest BCUT2D eigenvalue weighted by Crippen LogP contribution is -2.26. The average Bonchev–Trinajstić information content (AvgIpc) is 2.15. The minimum Gasteiger partial charge on any atom is -0.313 e. The largest absolute Gasteiger partial charge is 0.313 e. The first-order valence-electron chi connectivity index (χ1n) is 5.66. The van der Waals surface area contributed by atoms with Crippen molar-refractivity contribution in [2.45, 2.75) is 44.9 Å². The molecule has 0 aromatic carbocycles. The van der Waals surface area contributed by atoms with Crippen LogP contribution in [0, 0.1) is 5.92 Å². The van der Waals surface area contributed by atoms with Gasteiger partial charge >= 0.3 is 0 Å². The summed E-state index contributed by atoms with van der Waals surface area (Å²) in [4.78, 5) is 0. The van der Waals surface area contributed by atoms with Crippen LogP contribution in [-0.2, 0) is 0 Å². The predicted octanol–water partition coefficient (Wildman–Crippen LogP) is 3.34. The highest BCUT2D eigenvalue weighted by atomic mass is 35.5. The van der Waals surface area contributed by atoms with Crippen LogP contribution in [0.15, 0.2) is 11.6 Å². The zero-order chi connectivity index (χ0) is 10.4. The third-order valence-electron chi connectivity index (χ3n) is 2.86. The molecular weight excluding hydrogens is 194 g/mol. The van der Waals surface area contributed by atoms with E-state index >= 15 is 0 Å². The molecule has 0 spiro atoms. The topological polar surface area (TPSA) is 12.0 Å². The second-order valence-corrected chi connectivity index (χ2v) is 5.17. The van der Waals surface area contributed by atoms with Crippen LogP contribution in [0.1, 0.15) is 39.5 Å². The Kier molecular flexibility index (Phi) is 5.57. The van der Waals surface area contributed by atoms with Crippen molar-refractivity contribution in [2.75, 3.05) is 13.1 Å². The fourth-order valence-corrected chi connectivity index (χ4v) is 2.14. The Hall–Kier alpha value is -0.0100. The summed E-state index contributed by atoms with van der Waals surface area (Å²) in [7, 11) is 0. The van der Waals surface area contributed by atoms with Gasteiger partial charge in [0.05, 0.1) is 0 Å². The van der Waals surface area contributed by atoms with Crippen LogP contribution in [0.4, 0.5) is 0 Å². The Bertz CT molecular complexity index is 177. The summed E-state index contributed by atoms with van der Waals surface area (Å²) in [6.45, 7) is 6.46. The van der Waals surface area contributed by atoms with E-state index in [1.165, 1.54) is 31.3 Å². The van der Waals surface area contributed by atoms with Crippen LogP contribution >= 0.6 is 11.6 Å². The van der Waals surface area contributed by atoms with Crippen molar-refractivity contribution < 1.29 is 0 Å². The van der Waals surface area contributed by atoms with Crippen LogP contribution in [0.25, 0.3) is 0 Å². The number of hydrogen-bond acceptors (Lipinski definition) is 1. The molecule has 0 atom stereocenters. The molecule has 0 aromatic heterocycles. The minimum absolute atomic E-state index is 0.448. The molecule has 0 saturated heterocycles. The first-order valence-corrected chi connectivity index (χ1v) is 6.10. The van der Waals surface area contributed by atoms with E-state index in [2.05, 4.69) is 25.2 Å². The monoisotopic (exact) mass is 215 g/mol. The van der Waals surface area contributed by atoms with E-state index in [-0.39, 0.29) is 0 Å². The first kappa shape index (κ1) is 12.1. The van der Waals surface area contributed by atoms with Gasteiger partial charge in [-0.15, -0.1) is 11.6 Å². The van der Waals surface area contributed by atoms with Crippen molar-refractivity contribution >= 4 is 11.6 Å². The van der Waals surface area contributed by atoms with Gasteiger partial charge in [0.2, 0.25) is 0 Å². The predicted molar refractivity (Wildman–Crippen MR) is 63.9 cm³/mol. The highest BCUT2D eigenvalue weighted by molar-refractivity contribution is 6.20. The van der Waals surface area contributed by atoms with E-state index < -0.39 is 0 Å². The molecular formula is C12H22ClN. The fraction of sp³-hybridized carbons (Fsp3) is 0.833. The van der Waals surface area contributed by atoms with Crippen molar-refractivity contribution in [1.29, 1.82) is 0 Å². The maximum Gasteiger partial charge on any atom is 0.0336 e. The molecule has 1 aliphatic carbocycles. The third kappa shape index (κ3) is 5.02. The van der Waals surface area contributed by atoms with Gasteiger partial charge in [0.15, 0.2) is 0 Å². The van der Waals surface area contributed by atoms with Crippen LogP contribution in [0.2, 0.25) is 0 Å². The van der Waals surface area contributed by atoms with Gasteiger partial charge in [-0.1, -0.05) is 11.6 Å². The van der Waals surface area contributed by atoms with Crippen molar-refractivity contribution in [2.24, 2.45) is 5.92 Å². The molecule has 1 N–H and O–H groups in total. The second kappa shape index (κ2) is 6.47. The molecule has 82 valence electrons. The maximum atomic E-state index is 6.05. The van der Waals surface area contributed by atoms with Crippen molar-refractivity contribution in [3.8, 4) is 0 Å². The quantitative estimate of drug-likeness (QED) is 0.431. The molecule has 1 saturated carbocycles. The summed E-state index contributed by atoms with van der Waals surface area (Å²) in [5.41, 5.74) is 1.39. The van der Waals surface area contributed by atoms with Crippen LogP contribution in [-0.4, -0.2) is 18.5 Å². The summed E-state index contributed by atoms with van der Waals surface area (Å²) in [6.07, 6.45) is 7.26. The smallest absolute Gasteiger partial charge is 0.0336 e. The molecule has 0 unspecified atom stereocenters. The molecule has 0 aromatic rings. The summed E-state index contributed by atoms with van der Waals surface area (Å²) in [5, 5.41) is 3.93. The third-order valence-corrected chi connectivity index (χ3v) is 3.30. The Morgan fingerprint density at radius 1 is 1.29 bits per heavy atom. The van der Waals surface area contributed by atoms with Gasteiger partial charge in [-0.05, 0) is 52.0 Å². The lowest BCUT2D eigenvalue weighted by molar-refractivity contribution is 0.350. The second-order valence-electron chi connectivity index (χ2n) is 4.56.